The van der Waals surface area contributed by atoms with Crippen LogP contribution >= 0.6 is 23.2 Å². The number of hydrogen-bond acceptors (Lipinski definition) is 10. The highest BCUT2D eigenvalue weighted by Gasteiger charge is 2.31. The fourth-order valence-corrected chi connectivity index (χ4v) is 8.87. The van der Waals surface area contributed by atoms with E-state index in [1.165, 1.54) is 0 Å². The average Bonchev–Trinajstić information content (AvgIpc) is 3.79. The molecule has 7 rings (SSSR count). The summed E-state index contributed by atoms with van der Waals surface area (Å²) in [6.45, 7) is 20.7. The minimum Gasteiger partial charge on any atom is -0.444 e. The van der Waals surface area contributed by atoms with Gasteiger partial charge in [-0.3, -0.25) is 9.59 Å². The number of carbonyl (C=O) groups excluding carboxylic acids is 3. The van der Waals surface area contributed by atoms with Crippen LogP contribution in [-0.2, 0) is 22.6 Å². The molecule has 5 heterocycles. The van der Waals surface area contributed by atoms with Crippen LogP contribution in [-0.4, -0.2) is 99.7 Å². The highest BCUT2D eigenvalue weighted by atomic mass is 35.5. The van der Waals surface area contributed by atoms with E-state index in [2.05, 4.69) is 56.5 Å². The molecule has 2 fully saturated rings. The standard InChI is InChI=1S/C26H36ClN5O3Si.C23H28ClN5O3/c1-26(2,3)35-25(34)29-19-11-9-14-31(17-19)24-30-21(13-15-36(4,5)6)22(23(28)33)32(24)16-18-10-7-8-12-20(18)27;1-23(2,3)32-22(31)26-16-8-6-12-28(14-16)21-27-18-10-11-25-20(30)19(18)29(21)13-15-7-4-5-9-17(15)24/h7-8,10,12,19H,9,11,14,16-17H2,1-6H3,(H2,28,33)(H,29,34);4-5,7,9-11,16H,6,8,12-14H2,1-3H3,(H,25,30)(H,26,31)/t19-;16-/m11/s1. The number of alkyl carbamates (subject to hydrolysis) is 2. The van der Waals surface area contributed by atoms with Crippen molar-refractivity contribution in [1.29, 1.82) is 0 Å². The number of amides is 3. The summed E-state index contributed by atoms with van der Waals surface area (Å²) in [4.78, 5) is 66.5. The number of anilines is 2. The largest absolute Gasteiger partial charge is 0.444 e. The zero-order valence-corrected chi connectivity index (χ0v) is 43.0. The van der Waals surface area contributed by atoms with E-state index < -0.39 is 37.4 Å². The van der Waals surface area contributed by atoms with Crippen molar-refractivity contribution in [2.75, 3.05) is 36.0 Å². The number of primary amides is 1. The van der Waals surface area contributed by atoms with Gasteiger partial charge < -0.3 is 49.8 Å². The molecule has 0 radical (unpaired) electrons. The number of fused-ring (bicyclic) bond motifs is 1. The van der Waals surface area contributed by atoms with Gasteiger partial charge in [0.1, 0.15) is 36.2 Å². The van der Waals surface area contributed by atoms with Crippen LogP contribution in [0, 0.1) is 11.5 Å². The quantitative estimate of drug-likeness (QED) is 0.0824. The molecule has 5 aromatic rings. The van der Waals surface area contributed by atoms with Crippen LogP contribution in [0.2, 0.25) is 29.7 Å². The molecule has 19 heteroatoms. The third-order valence-electron chi connectivity index (χ3n) is 10.8. The summed E-state index contributed by atoms with van der Waals surface area (Å²) < 4.78 is 14.6. The van der Waals surface area contributed by atoms with E-state index in [9.17, 15) is 19.2 Å². The fourth-order valence-electron chi connectivity index (χ4n) is 7.98. The van der Waals surface area contributed by atoms with Crippen molar-refractivity contribution in [3.63, 3.8) is 0 Å². The summed E-state index contributed by atoms with van der Waals surface area (Å²) in [5, 5.41) is 7.16. The van der Waals surface area contributed by atoms with Crippen molar-refractivity contribution >= 4 is 72.3 Å². The molecule has 3 amide bonds. The van der Waals surface area contributed by atoms with Gasteiger partial charge in [0.05, 0.1) is 18.6 Å². The van der Waals surface area contributed by atoms with Crippen LogP contribution in [0.1, 0.15) is 94.5 Å². The number of halogens is 2. The normalized spacial score (nSPS) is 16.5. The molecule has 68 heavy (non-hydrogen) atoms. The summed E-state index contributed by atoms with van der Waals surface area (Å²) in [5.41, 5.74) is 11.3. The van der Waals surface area contributed by atoms with Crippen LogP contribution in [0.25, 0.3) is 11.0 Å². The van der Waals surface area contributed by atoms with Gasteiger partial charge in [0.25, 0.3) is 11.5 Å². The Labute approximate surface area is 409 Å². The Kier molecular flexibility index (Phi) is 16.3. The van der Waals surface area contributed by atoms with Gasteiger partial charge in [0.15, 0.2) is 0 Å². The van der Waals surface area contributed by atoms with Crippen molar-refractivity contribution in [3.05, 3.63) is 104 Å². The number of benzene rings is 2. The van der Waals surface area contributed by atoms with Gasteiger partial charge in [-0.05, 0) is 96.6 Å². The predicted molar refractivity (Wildman–Crippen MR) is 272 cm³/mol. The van der Waals surface area contributed by atoms with Gasteiger partial charge in [-0.25, -0.2) is 19.6 Å². The van der Waals surface area contributed by atoms with Crippen molar-refractivity contribution in [2.45, 2.75) is 123 Å². The van der Waals surface area contributed by atoms with Gasteiger partial charge in [0, 0.05) is 54.5 Å². The Hall–Kier alpha value is -5.96. The van der Waals surface area contributed by atoms with Crippen LogP contribution < -0.4 is 31.7 Å². The van der Waals surface area contributed by atoms with Gasteiger partial charge in [-0.2, -0.15) is 0 Å². The summed E-state index contributed by atoms with van der Waals surface area (Å²) in [6, 6.07) is 16.6. The molecular weight excluding hydrogens is 924 g/mol. The number of ether oxygens (including phenoxy) is 2. The second kappa shape index (κ2) is 21.6. The molecule has 0 bridgehead atoms. The van der Waals surface area contributed by atoms with Crippen LogP contribution in [0.5, 0.6) is 0 Å². The molecule has 2 aliphatic heterocycles. The zero-order valence-electron chi connectivity index (χ0n) is 40.5. The lowest BCUT2D eigenvalue weighted by Crippen LogP contribution is -2.49. The highest BCUT2D eigenvalue weighted by Crippen LogP contribution is 2.29. The smallest absolute Gasteiger partial charge is 0.407 e. The molecule has 364 valence electrons. The molecule has 0 aliphatic carbocycles. The SMILES string of the molecule is CC(C)(C)OC(=O)N[C@@H]1CCCN(c2nc(C#C[Si](C)(C)C)c(C(N)=O)n2Cc2ccccc2Cl)C1.CC(C)(C)OC(=O)N[C@@H]1CCCN(c2nc3cc[nH]c(=O)c3n2Cc2ccccc2Cl)C1. The maximum absolute atomic E-state index is 12.7. The van der Waals surface area contributed by atoms with Gasteiger partial charge >= 0.3 is 12.2 Å². The lowest BCUT2D eigenvalue weighted by molar-refractivity contribution is 0.0488. The Morgan fingerprint density at radius 2 is 1.26 bits per heavy atom. The van der Waals surface area contributed by atoms with Crippen LogP contribution in [0.15, 0.2) is 65.6 Å². The number of nitrogens with zero attached hydrogens (tertiary/aromatic N) is 6. The van der Waals surface area contributed by atoms with Crippen molar-refractivity contribution in [1.82, 2.24) is 34.7 Å². The Bertz CT molecular complexity index is 2740. The number of nitrogens with one attached hydrogen (secondary N) is 3. The van der Waals surface area contributed by atoms with E-state index in [1.54, 1.807) is 16.8 Å². The van der Waals surface area contributed by atoms with E-state index in [4.69, 9.17) is 48.4 Å². The minimum atomic E-state index is -1.74. The molecule has 2 saturated heterocycles. The Balaban J connectivity index is 0.000000225. The number of hydrogen-bond donors (Lipinski definition) is 4. The minimum absolute atomic E-state index is 0.0783. The summed E-state index contributed by atoms with van der Waals surface area (Å²) in [6.07, 6.45) is 4.10. The average molecular weight is 988 g/mol. The first-order valence-corrected chi connectivity index (χ1v) is 27.2. The van der Waals surface area contributed by atoms with Gasteiger partial charge in [0.2, 0.25) is 11.9 Å². The highest BCUT2D eigenvalue weighted by molar-refractivity contribution is 6.83. The van der Waals surface area contributed by atoms with Crippen molar-refractivity contribution in [2.24, 2.45) is 5.73 Å². The zero-order chi connectivity index (χ0) is 49.6. The number of aromatic nitrogens is 5. The number of imidazole rings is 2. The summed E-state index contributed by atoms with van der Waals surface area (Å²) in [7, 11) is -1.74. The Morgan fingerprint density at radius 3 is 1.74 bits per heavy atom. The number of piperidine rings is 2. The maximum Gasteiger partial charge on any atom is 0.407 e. The Morgan fingerprint density at radius 1 is 0.779 bits per heavy atom. The summed E-state index contributed by atoms with van der Waals surface area (Å²) >= 11 is 12.9. The summed E-state index contributed by atoms with van der Waals surface area (Å²) in [5.74, 6) is 3.81. The van der Waals surface area contributed by atoms with E-state index in [1.807, 2.05) is 94.6 Å². The first-order chi connectivity index (χ1) is 31.9. The van der Waals surface area contributed by atoms with Gasteiger partial charge in [-0.1, -0.05) is 85.2 Å². The monoisotopic (exact) mass is 986 g/mol. The second-order valence-electron chi connectivity index (χ2n) is 20.1. The van der Waals surface area contributed by atoms with Crippen molar-refractivity contribution in [3.8, 4) is 11.5 Å². The topological polar surface area (TPSA) is 195 Å². The molecule has 3 aromatic heterocycles. The lowest BCUT2D eigenvalue weighted by atomic mass is 10.1. The van der Waals surface area contributed by atoms with Gasteiger partial charge in [-0.15, -0.1) is 5.54 Å². The van der Waals surface area contributed by atoms with E-state index in [0.29, 0.717) is 71.4 Å². The first kappa shape index (κ1) is 51.4. The molecule has 5 N–H and O–H groups in total. The number of aromatic amines is 1. The van der Waals surface area contributed by atoms with Crippen LogP contribution in [0.3, 0.4) is 0 Å². The fraction of sp³-hybridized carbons (Fsp3) is 0.469. The van der Waals surface area contributed by atoms with E-state index >= 15 is 0 Å². The molecule has 0 unspecified atom stereocenters. The first-order valence-electron chi connectivity index (χ1n) is 22.9. The molecule has 0 spiro atoms. The molecular formula is C49H64Cl2N10O6Si. The number of carbonyl (C=O) groups is 3. The predicted octanol–water partition coefficient (Wildman–Crippen LogP) is 8.33. The van der Waals surface area contributed by atoms with Crippen LogP contribution in [0.4, 0.5) is 21.5 Å². The third-order valence-corrected chi connectivity index (χ3v) is 12.4. The van der Waals surface area contributed by atoms with E-state index in [-0.39, 0.29) is 23.3 Å². The van der Waals surface area contributed by atoms with E-state index in [0.717, 1.165) is 43.4 Å². The molecule has 0 saturated carbocycles. The molecule has 2 aromatic carbocycles. The third kappa shape index (κ3) is 14.1. The number of rotatable bonds is 9. The second-order valence-corrected chi connectivity index (χ2v) is 25.7. The molecule has 2 aliphatic rings. The number of pyridine rings is 1. The molecule has 2 atom stereocenters. The number of nitrogens with two attached hydrogens (primary N) is 1. The number of H-pyrrole nitrogens is 1. The maximum atomic E-state index is 12.7. The molecule has 16 nitrogen and oxygen atoms in total. The lowest BCUT2D eigenvalue weighted by Gasteiger charge is -2.34. The van der Waals surface area contributed by atoms with Crippen molar-refractivity contribution < 1.29 is 23.9 Å².